The molecule has 2 N–H and O–H groups in total. The number of carbonyl (C=O) groups is 2. The molecule has 164 valence electrons. The zero-order valence-electron chi connectivity index (χ0n) is 17.7. The summed E-state index contributed by atoms with van der Waals surface area (Å²) < 4.78 is 0. The first-order valence-corrected chi connectivity index (χ1v) is 10.8. The van der Waals surface area contributed by atoms with E-state index in [0.29, 0.717) is 40.8 Å². The molecular weight excluding hydrogens is 418 g/mol. The number of nitro groups is 1. The number of carbonyl (C=O) groups excluding carboxylic acids is 2. The van der Waals surface area contributed by atoms with Gasteiger partial charge in [-0.25, -0.2) is 0 Å². The van der Waals surface area contributed by atoms with E-state index in [2.05, 4.69) is 10.6 Å². The first-order chi connectivity index (χ1) is 16.0. The smallest absolute Gasteiger partial charge is 0.269 e. The monoisotopic (exact) mass is 439 g/mol. The second-order valence-electron chi connectivity index (χ2n) is 8.18. The minimum Gasteiger partial charge on any atom is -0.372 e. The van der Waals surface area contributed by atoms with Crippen molar-refractivity contribution in [2.75, 3.05) is 10.6 Å². The van der Waals surface area contributed by atoms with Gasteiger partial charge in [-0.3, -0.25) is 19.7 Å². The zero-order valence-corrected chi connectivity index (χ0v) is 17.7. The van der Waals surface area contributed by atoms with Crippen LogP contribution < -0.4 is 10.6 Å². The summed E-state index contributed by atoms with van der Waals surface area (Å²) in [7, 11) is 0. The SMILES string of the molecule is O=C1CCCC2=C1[C@@H](c1cccc([N+](=O)[O-])c1)Nc1cc(C(=O)c3ccccc3)ccc1N2. The maximum Gasteiger partial charge on any atom is 0.269 e. The lowest BCUT2D eigenvalue weighted by Crippen LogP contribution is -2.23. The van der Waals surface area contributed by atoms with Crippen molar-refractivity contribution in [3.63, 3.8) is 0 Å². The van der Waals surface area contributed by atoms with Crippen molar-refractivity contribution in [3.8, 4) is 0 Å². The first-order valence-electron chi connectivity index (χ1n) is 10.8. The number of fused-ring (bicyclic) bond motifs is 1. The lowest BCUT2D eigenvalue weighted by molar-refractivity contribution is -0.384. The van der Waals surface area contributed by atoms with Gasteiger partial charge in [0, 0.05) is 41.0 Å². The third-order valence-corrected chi connectivity index (χ3v) is 6.06. The molecule has 1 aliphatic carbocycles. The van der Waals surface area contributed by atoms with Gasteiger partial charge < -0.3 is 10.6 Å². The number of nitrogens with one attached hydrogen (secondary N) is 2. The van der Waals surface area contributed by atoms with Crippen LogP contribution in [0.15, 0.2) is 84.1 Å². The van der Waals surface area contributed by atoms with Gasteiger partial charge >= 0.3 is 0 Å². The van der Waals surface area contributed by atoms with Gasteiger partial charge in [0.2, 0.25) is 0 Å². The summed E-state index contributed by atoms with van der Waals surface area (Å²) >= 11 is 0. The molecule has 0 bridgehead atoms. The summed E-state index contributed by atoms with van der Waals surface area (Å²) in [5.41, 5.74) is 4.52. The molecule has 7 heteroatoms. The number of allylic oxidation sites excluding steroid dienone is 1. The molecule has 0 saturated carbocycles. The molecule has 3 aromatic carbocycles. The van der Waals surface area contributed by atoms with E-state index < -0.39 is 11.0 Å². The summed E-state index contributed by atoms with van der Waals surface area (Å²) in [6.45, 7) is 0. The van der Waals surface area contributed by atoms with Crippen LogP contribution in [0.3, 0.4) is 0 Å². The second-order valence-corrected chi connectivity index (χ2v) is 8.18. The van der Waals surface area contributed by atoms with Crippen molar-refractivity contribution in [3.05, 3.63) is 111 Å². The fourth-order valence-corrected chi connectivity index (χ4v) is 4.46. The fraction of sp³-hybridized carbons (Fsp3) is 0.154. The fourth-order valence-electron chi connectivity index (χ4n) is 4.46. The van der Waals surface area contributed by atoms with Crippen molar-refractivity contribution >= 4 is 28.6 Å². The predicted octanol–water partition coefficient (Wildman–Crippen LogP) is 5.41. The molecule has 3 aromatic rings. The van der Waals surface area contributed by atoms with Crippen molar-refractivity contribution in [2.45, 2.75) is 25.3 Å². The maximum absolute atomic E-state index is 13.0. The molecule has 2 aliphatic rings. The van der Waals surface area contributed by atoms with Crippen LogP contribution in [0.2, 0.25) is 0 Å². The summed E-state index contributed by atoms with van der Waals surface area (Å²) in [4.78, 5) is 36.9. The summed E-state index contributed by atoms with van der Waals surface area (Å²) in [5.74, 6) is -0.0914. The van der Waals surface area contributed by atoms with E-state index in [0.717, 1.165) is 17.8 Å². The van der Waals surface area contributed by atoms with Gasteiger partial charge in [-0.1, -0.05) is 42.5 Å². The van der Waals surface area contributed by atoms with Crippen LogP contribution in [0.25, 0.3) is 0 Å². The number of non-ortho nitro benzene ring substituents is 1. The van der Waals surface area contributed by atoms with Gasteiger partial charge in [0.1, 0.15) is 0 Å². The number of benzene rings is 3. The molecule has 0 unspecified atom stereocenters. The van der Waals surface area contributed by atoms with E-state index in [9.17, 15) is 19.7 Å². The number of rotatable bonds is 4. The number of nitro benzene ring substituents is 1. The Morgan fingerprint density at radius 3 is 2.52 bits per heavy atom. The molecule has 5 rings (SSSR count). The van der Waals surface area contributed by atoms with E-state index in [1.807, 2.05) is 24.3 Å². The molecule has 0 radical (unpaired) electrons. The molecular formula is C26H21N3O4. The first kappa shape index (κ1) is 20.6. The van der Waals surface area contributed by atoms with Gasteiger partial charge in [-0.05, 0) is 36.6 Å². The van der Waals surface area contributed by atoms with E-state index in [-0.39, 0.29) is 17.3 Å². The van der Waals surface area contributed by atoms with Crippen LogP contribution in [0, 0.1) is 10.1 Å². The number of ketones is 2. The largest absolute Gasteiger partial charge is 0.372 e. The molecule has 0 saturated heterocycles. The number of hydrogen-bond acceptors (Lipinski definition) is 6. The minimum absolute atomic E-state index is 0.0150. The zero-order chi connectivity index (χ0) is 22.9. The average molecular weight is 439 g/mol. The molecule has 1 aliphatic heterocycles. The Kier molecular flexibility index (Phi) is 5.22. The Hall–Kier alpha value is -4.26. The molecule has 1 atom stereocenters. The molecule has 0 fully saturated rings. The van der Waals surface area contributed by atoms with Crippen LogP contribution in [-0.2, 0) is 4.79 Å². The van der Waals surface area contributed by atoms with Gasteiger partial charge in [0.15, 0.2) is 11.6 Å². The van der Waals surface area contributed by atoms with Gasteiger partial charge in [0.25, 0.3) is 5.69 Å². The van der Waals surface area contributed by atoms with Crippen molar-refractivity contribution < 1.29 is 14.5 Å². The standard InChI is InChI=1S/C26H21N3O4/c30-23-11-5-10-21-24(23)25(17-8-4-9-19(14-17)29(32)33)28-22-15-18(12-13-20(22)27-21)26(31)16-6-2-1-3-7-16/h1-4,6-9,12-15,25,27-28H,5,10-11H2/t25-/m1/s1. The van der Waals surface area contributed by atoms with Gasteiger partial charge in [-0.2, -0.15) is 0 Å². The molecule has 7 nitrogen and oxygen atoms in total. The lowest BCUT2D eigenvalue weighted by atomic mass is 9.86. The molecule has 33 heavy (non-hydrogen) atoms. The van der Waals surface area contributed by atoms with E-state index in [4.69, 9.17) is 0 Å². The Bertz CT molecular complexity index is 1310. The third-order valence-electron chi connectivity index (χ3n) is 6.06. The number of nitrogens with zero attached hydrogens (tertiary/aromatic N) is 1. The normalized spacial score (nSPS) is 17.2. The highest BCUT2D eigenvalue weighted by Crippen LogP contribution is 2.41. The molecule has 0 spiro atoms. The molecule has 0 amide bonds. The maximum atomic E-state index is 13.0. The van der Waals surface area contributed by atoms with Gasteiger partial charge in [0.05, 0.1) is 22.3 Å². The van der Waals surface area contributed by atoms with Crippen LogP contribution >= 0.6 is 0 Å². The Morgan fingerprint density at radius 1 is 0.909 bits per heavy atom. The second kappa shape index (κ2) is 8.35. The van der Waals surface area contributed by atoms with Crippen LogP contribution in [0.5, 0.6) is 0 Å². The van der Waals surface area contributed by atoms with Crippen molar-refractivity contribution in [1.82, 2.24) is 0 Å². The van der Waals surface area contributed by atoms with E-state index in [1.165, 1.54) is 12.1 Å². The summed E-state index contributed by atoms with van der Waals surface area (Å²) in [5, 5.41) is 18.1. The highest BCUT2D eigenvalue weighted by molar-refractivity contribution is 6.10. The summed E-state index contributed by atoms with van der Waals surface area (Å²) in [6, 6.07) is 20.2. The van der Waals surface area contributed by atoms with E-state index in [1.54, 1.807) is 36.4 Å². The topological polar surface area (TPSA) is 101 Å². The van der Waals surface area contributed by atoms with Crippen LogP contribution in [-0.4, -0.2) is 16.5 Å². The van der Waals surface area contributed by atoms with Crippen LogP contribution in [0.1, 0.15) is 46.8 Å². The Morgan fingerprint density at radius 2 is 1.73 bits per heavy atom. The molecule has 0 aromatic heterocycles. The van der Waals surface area contributed by atoms with E-state index >= 15 is 0 Å². The average Bonchev–Trinajstić information content (AvgIpc) is 3.01. The highest BCUT2D eigenvalue weighted by atomic mass is 16.6. The number of Topliss-reactive ketones (excluding diaryl/α,β-unsaturated/α-hetero) is 1. The van der Waals surface area contributed by atoms with Crippen LogP contribution in [0.4, 0.5) is 17.1 Å². The van der Waals surface area contributed by atoms with Gasteiger partial charge in [-0.15, -0.1) is 0 Å². The highest BCUT2D eigenvalue weighted by Gasteiger charge is 2.33. The quantitative estimate of drug-likeness (QED) is 0.320. The number of hydrogen-bond donors (Lipinski definition) is 2. The minimum atomic E-state index is -0.566. The molecule has 1 heterocycles. The lowest BCUT2D eigenvalue weighted by Gasteiger charge is -2.25. The third kappa shape index (κ3) is 3.89. The Labute approximate surface area is 190 Å². The van der Waals surface area contributed by atoms with Crippen molar-refractivity contribution in [1.29, 1.82) is 0 Å². The Balaban J connectivity index is 1.60. The number of anilines is 2. The predicted molar refractivity (Wildman–Crippen MR) is 125 cm³/mol. The summed E-state index contributed by atoms with van der Waals surface area (Å²) in [6.07, 6.45) is 1.88. The van der Waals surface area contributed by atoms with Crippen molar-refractivity contribution in [2.24, 2.45) is 0 Å².